The van der Waals surface area contributed by atoms with Gasteiger partial charge in [0, 0.05) is 0 Å². The number of ether oxygens (including phenoxy) is 3. The van der Waals surface area contributed by atoms with E-state index in [0.29, 0.717) is 3.57 Å². The third-order valence-electron chi connectivity index (χ3n) is 6.60. The molecule has 0 saturated heterocycles. The molecule has 1 aliphatic carbocycles. The Morgan fingerprint density at radius 2 is 1.45 bits per heavy atom. The molecule has 0 radical (unpaired) electrons. The molecular formula is C27H26F8IO7S-. The minimum atomic E-state index is -5.88. The van der Waals surface area contributed by atoms with Crippen LogP contribution in [-0.2, 0) is 24.4 Å². The molecule has 2 aromatic carbocycles. The molecular weight excluding hydrogens is 747 g/mol. The summed E-state index contributed by atoms with van der Waals surface area (Å²) in [7, 11) is -5.79. The van der Waals surface area contributed by atoms with Gasteiger partial charge in [0.2, 0.25) is 0 Å². The van der Waals surface area contributed by atoms with Crippen LogP contribution in [0.25, 0.3) is 0 Å². The molecule has 1 saturated carbocycles. The van der Waals surface area contributed by atoms with Gasteiger partial charge in [-0.25, -0.2) is 0 Å². The number of alkyl halides is 8. The first kappa shape index (κ1) is 36.0. The Hall–Kier alpha value is -2.51. The fraction of sp³-hybridized carbons (Fsp3) is 0.444. The summed E-state index contributed by atoms with van der Waals surface area (Å²) in [5.74, 6) is -3.94. The molecule has 17 heteroatoms. The van der Waals surface area contributed by atoms with Gasteiger partial charge in [-0.1, -0.05) is 6.58 Å². The molecule has 0 aromatic heterocycles. The summed E-state index contributed by atoms with van der Waals surface area (Å²) < 4.78 is 158. The Balaban J connectivity index is 1.70. The van der Waals surface area contributed by atoms with E-state index in [1.54, 1.807) is 36.4 Å². The van der Waals surface area contributed by atoms with Crippen molar-refractivity contribution >= 4 is 16.1 Å². The van der Waals surface area contributed by atoms with Crippen molar-refractivity contribution in [2.75, 3.05) is 13.2 Å². The maximum atomic E-state index is 14.4. The zero-order valence-electron chi connectivity index (χ0n) is 22.5. The molecule has 1 fully saturated rings. The van der Waals surface area contributed by atoms with Gasteiger partial charge in [-0.3, -0.25) is 4.55 Å². The van der Waals surface area contributed by atoms with Crippen LogP contribution in [0.4, 0.5) is 35.1 Å². The molecule has 0 unspecified atom stereocenters. The Kier molecular flexibility index (Phi) is 11.3. The van der Waals surface area contributed by atoms with E-state index in [1.165, 1.54) is 12.1 Å². The molecule has 1 N–H and O–H groups in total. The average molecular weight is 773 g/mol. The van der Waals surface area contributed by atoms with Crippen molar-refractivity contribution in [1.29, 1.82) is 0 Å². The molecule has 0 heterocycles. The van der Waals surface area contributed by atoms with Crippen molar-refractivity contribution in [3.05, 3.63) is 73.9 Å². The molecule has 1 aliphatic rings. The number of rotatable bonds is 12. The molecule has 44 heavy (non-hydrogen) atoms. The molecule has 7 nitrogen and oxygen atoms in total. The summed E-state index contributed by atoms with van der Waals surface area (Å²) in [5.41, 5.74) is -5.14. The first-order valence-electron chi connectivity index (χ1n) is 12.7. The zero-order valence-corrected chi connectivity index (χ0v) is 25.5. The number of benzene rings is 2. The van der Waals surface area contributed by atoms with Crippen molar-refractivity contribution in [2.45, 2.75) is 55.0 Å². The Labute approximate surface area is 257 Å². The third kappa shape index (κ3) is 8.60. The second kappa shape index (κ2) is 13.9. The van der Waals surface area contributed by atoms with E-state index >= 15 is 0 Å². The molecule has 0 atom stereocenters. The van der Waals surface area contributed by atoms with E-state index in [0.717, 1.165) is 9.64 Å². The SMILES string of the molecule is C=C(COCC(F)(F)S(=O)(=O)O)C(=O)OC1CCC(C(Oc2cccc([I-]c3ccccc3)c2)(C(F)(F)F)C(F)(F)F)CC1. The number of hydrogen-bond acceptors (Lipinski definition) is 6. The number of halogens is 9. The van der Waals surface area contributed by atoms with E-state index < -0.39 is 123 Å². The van der Waals surface area contributed by atoms with E-state index in [-0.39, 0.29) is 0 Å². The maximum absolute atomic E-state index is 14.4. The van der Waals surface area contributed by atoms with E-state index in [9.17, 15) is 48.3 Å². The summed E-state index contributed by atoms with van der Waals surface area (Å²) in [6, 6.07) is 14.0. The fourth-order valence-electron chi connectivity index (χ4n) is 4.45. The van der Waals surface area contributed by atoms with Crippen molar-refractivity contribution < 1.29 is 88.3 Å². The van der Waals surface area contributed by atoms with Gasteiger partial charge in [0.25, 0.3) is 0 Å². The predicted octanol–water partition coefficient (Wildman–Crippen LogP) is 3.21. The second-order valence-electron chi connectivity index (χ2n) is 9.77. The summed E-state index contributed by atoms with van der Waals surface area (Å²) >= 11 is -0.922. The van der Waals surface area contributed by atoms with Gasteiger partial charge in [0.15, 0.2) is 0 Å². The summed E-state index contributed by atoms with van der Waals surface area (Å²) in [6.45, 7) is 0.453. The van der Waals surface area contributed by atoms with Gasteiger partial charge in [-0.05, 0) is 0 Å². The van der Waals surface area contributed by atoms with Crippen molar-refractivity contribution in [3.63, 3.8) is 0 Å². The summed E-state index contributed by atoms with van der Waals surface area (Å²) in [6.07, 6.45) is -15.1. The molecule has 3 rings (SSSR count). The van der Waals surface area contributed by atoms with Gasteiger partial charge in [-0.2, -0.15) is 17.2 Å². The molecule has 0 amide bonds. The molecule has 0 bridgehead atoms. The van der Waals surface area contributed by atoms with Crippen LogP contribution in [0.3, 0.4) is 0 Å². The first-order chi connectivity index (χ1) is 20.3. The van der Waals surface area contributed by atoms with Crippen LogP contribution in [0.5, 0.6) is 5.75 Å². The van der Waals surface area contributed by atoms with E-state index in [1.807, 2.05) is 0 Å². The molecule has 0 aliphatic heterocycles. The van der Waals surface area contributed by atoms with Gasteiger partial charge in [-0.15, -0.1) is 0 Å². The molecule has 0 spiro atoms. The van der Waals surface area contributed by atoms with Gasteiger partial charge in [0.1, 0.15) is 6.61 Å². The van der Waals surface area contributed by atoms with Crippen LogP contribution >= 0.6 is 0 Å². The Morgan fingerprint density at radius 1 is 0.886 bits per heavy atom. The van der Waals surface area contributed by atoms with Gasteiger partial charge < -0.3 is 4.74 Å². The molecule has 2 aromatic rings. The quantitative estimate of drug-likeness (QED) is 0.116. The fourth-order valence-corrected chi connectivity index (χ4v) is 7.03. The third-order valence-corrected chi connectivity index (χ3v) is 10.1. The van der Waals surface area contributed by atoms with Crippen molar-refractivity contribution in [2.24, 2.45) is 5.92 Å². The second-order valence-corrected chi connectivity index (χ2v) is 14.3. The van der Waals surface area contributed by atoms with Crippen LogP contribution in [0.2, 0.25) is 0 Å². The van der Waals surface area contributed by atoms with Crippen LogP contribution in [-0.4, -0.2) is 61.5 Å². The van der Waals surface area contributed by atoms with Crippen molar-refractivity contribution in [3.8, 4) is 5.75 Å². The number of carbonyl (C=O) groups is 1. The van der Waals surface area contributed by atoms with E-state index in [4.69, 9.17) is 14.0 Å². The normalized spacial score (nSPS) is 18.6. The summed E-state index contributed by atoms with van der Waals surface area (Å²) in [5, 5.41) is -4.67. The molecule has 246 valence electrons. The standard InChI is InChI=1S/C27H26F8IO7S/c1-17(15-41-16-24(28,29)44(38,39)40)23(37)42-21-12-10-18(11-13-21)25(26(30,31)32,27(33,34)35)43-22-9-5-8-20(14-22)36-19-6-3-2-4-7-19/h2-9,14,18,21H,1,10-13,15-16H2,(H,38,39,40)/q-1. The number of carbonyl (C=O) groups excluding carboxylic acids is 1. The Bertz CT molecular complexity index is 1390. The predicted molar refractivity (Wildman–Crippen MR) is 134 cm³/mol. The van der Waals surface area contributed by atoms with E-state index in [2.05, 4.69) is 11.3 Å². The van der Waals surface area contributed by atoms with Crippen LogP contribution < -0.4 is 25.9 Å². The van der Waals surface area contributed by atoms with Crippen LogP contribution in [0.1, 0.15) is 25.7 Å². The Morgan fingerprint density at radius 3 is 2.00 bits per heavy atom. The number of esters is 1. The zero-order chi connectivity index (χ0) is 33.0. The topological polar surface area (TPSA) is 99.1 Å². The van der Waals surface area contributed by atoms with Crippen LogP contribution in [0, 0.1) is 13.1 Å². The summed E-state index contributed by atoms with van der Waals surface area (Å²) in [4.78, 5) is 12.2. The monoisotopic (exact) mass is 773 g/mol. The average Bonchev–Trinajstić information content (AvgIpc) is 2.91. The number of hydrogen-bond donors (Lipinski definition) is 1. The minimum absolute atomic E-state index is 0.415. The van der Waals surface area contributed by atoms with Gasteiger partial charge in [0.05, 0.1) is 6.61 Å². The first-order valence-corrected chi connectivity index (χ1v) is 16.3. The van der Waals surface area contributed by atoms with Crippen LogP contribution in [0.15, 0.2) is 66.7 Å². The van der Waals surface area contributed by atoms with Crippen molar-refractivity contribution in [1.82, 2.24) is 0 Å². The van der Waals surface area contributed by atoms with Gasteiger partial charge >= 0.3 is 212 Å².